The molecule has 8 heteroatoms. The van der Waals surface area contributed by atoms with Gasteiger partial charge in [-0.15, -0.1) is 0 Å². The zero-order valence-corrected chi connectivity index (χ0v) is 12.7. The lowest BCUT2D eigenvalue weighted by atomic mass is 10.1. The summed E-state index contributed by atoms with van der Waals surface area (Å²) in [7, 11) is 0. The number of hydrogen-bond acceptors (Lipinski definition) is 8. The van der Waals surface area contributed by atoms with Gasteiger partial charge in [-0.1, -0.05) is 10.3 Å². The summed E-state index contributed by atoms with van der Waals surface area (Å²) in [6.07, 6.45) is 2.29. The third-order valence-corrected chi connectivity index (χ3v) is 4.16. The first-order valence-corrected chi connectivity index (χ1v) is 7.69. The van der Waals surface area contributed by atoms with Crippen LogP contribution in [0.5, 0.6) is 0 Å². The highest BCUT2D eigenvalue weighted by atomic mass is 16.5. The maximum atomic E-state index is 5.77. The number of aromatic nitrogens is 4. The standard InChI is InChI=1S/C14H19N5O3/c1-8-12(14-16-13(18-22-14)10-3-4-10)19(5-6-20-8)7-11-15-9(2)21-17-11/h8,10,12H,3-7H2,1-2H3/t8-,12+/m1/s1. The van der Waals surface area contributed by atoms with Crippen molar-refractivity contribution in [1.82, 2.24) is 25.2 Å². The van der Waals surface area contributed by atoms with Gasteiger partial charge in [-0.2, -0.15) is 9.97 Å². The SMILES string of the molecule is Cc1nc(CN2CCO[C@H](C)[C@H]2c2nc(C3CC3)no2)no1. The Morgan fingerprint density at radius 2 is 2.05 bits per heavy atom. The van der Waals surface area contributed by atoms with E-state index in [4.69, 9.17) is 13.8 Å². The molecule has 1 aliphatic carbocycles. The van der Waals surface area contributed by atoms with E-state index in [9.17, 15) is 0 Å². The van der Waals surface area contributed by atoms with Gasteiger partial charge in [-0.05, 0) is 19.8 Å². The van der Waals surface area contributed by atoms with Crippen LogP contribution < -0.4 is 0 Å². The van der Waals surface area contributed by atoms with Crippen molar-refractivity contribution in [2.45, 2.75) is 51.3 Å². The van der Waals surface area contributed by atoms with E-state index >= 15 is 0 Å². The zero-order valence-electron chi connectivity index (χ0n) is 12.7. The smallest absolute Gasteiger partial charge is 0.246 e. The van der Waals surface area contributed by atoms with Gasteiger partial charge in [0.1, 0.15) is 6.04 Å². The van der Waals surface area contributed by atoms with Crippen molar-refractivity contribution < 1.29 is 13.8 Å². The molecule has 2 fully saturated rings. The highest BCUT2D eigenvalue weighted by molar-refractivity contribution is 5.06. The van der Waals surface area contributed by atoms with Crippen molar-refractivity contribution in [2.75, 3.05) is 13.2 Å². The van der Waals surface area contributed by atoms with E-state index in [2.05, 4.69) is 25.2 Å². The van der Waals surface area contributed by atoms with Crippen molar-refractivity contribution >= 4 is 0 Å². The minimum absolute atomic E-state index is 0.0192. The number of rotatable bonds is 4. The molecule has 0 spiro atoms. The molecular formula is C14H19N5O3. The minimum Gasteiger partial charge on any atom is -0.375 e. The summed E-state index contributed by atoms with van der Waals surface area (Å²) in [5.74, 6) is 3.16. The summed E-state index contributed by atoms with van der Waals surface area (Å²) in [5.41, 5.74) is 0. The Hall–Kier alpha value is -1.80. The van der Waals surface area contributed by atoms with Crippen molar-refractivity contribution in [3.05, 3.63) is 23.4 Å². The van der Waals surface area contributed by atoms with Crippen LogP contribution >= 0.6 is 0 Å². The number of aryl methyl sites for hydroxylation is 1. The Kier molecular flexibility index (Phi) is 3.42. The predicted molar refractivity (Wildman–Crippen MR) is 73.9 cm³/mol. The van der Waals surface area contributed by atoms with Crippen LogP contribution in [0.1, 0.15) is 55.2 Å². The maximum Gasteiger partial charge on any atom is 0.246 e. The topological polar surface area (TPSA) is 90.3 Å². The molecule has 3 heterocycles. The van der Waals surface area contributed by atoms with E-state index in [-0.39, 0.29) is 12.1 Å². The highest BCUT2D eigenvalue weighted by Gasteiger charge is 2.37. The van der Waals surface area contributed by atoms with E-state index in [1.807, 2.05) is 6.92 Å². The molecule has 0 amide bonds. The van der Waals surface area contributed by atoms with Gasteiger partial charge < -0.3 is 13.8 Å². The van der Waals surface area contributed by atoms with Gasteiger partial charge in [-0.25, -0.2) is 0 Å². The number of hydrogen-bond donors (Lipinski definition) is 0. The van der Waals surface area contributed by atoms with Gasteiger partial charge in [0, 0.05) is 19.4 Å². The molecule has 4 rings (SSSR count). The molecule has 2 aromatic rings. The Labute approximate surface area is 127 Å². The lowest BCUT2D eigenvalue weighted by Crippen LogP contribution is -2.44. The summed E-state index contributed by atoms with van der Waals surface area (Å²) >= 11 is 0. The second-order valence-corrected chi connectivity index (χ2v) is 5.99. The molecule has 8 nitrogen and oxygen atoms in total. The first kappa shape index (κ1) is 13.8. The van der Waals surface area contributed by atoms with Crippen LogP contribution in [0.3, 0.4) is 0 Å². The molecule has 0 aromatic carbocycles. The van der Waals surface area contributed by atoms with Crippen LogP contribution in [0.15, 0.2) is 9.05 Å². The average Bonchev–Trinajstić information content (AvgIpc) is 3.10. The number of ether oxygens (including phenoxy) is 1. The van der Waals surface area contributed by atoms with Crippen LogP contribution in [0, 0.1) is 6.92 Å². The lowest BCUT2D eigenvalue weighted by Gasteiger charge is -2.36. The second-order valence-electron chi connectivity index (χ2n) is 5.99. The molecule has 2 atom stereocenters. The largest absolute Gasteiger partial charge is 0.375 e. The van der Waals surface area contributed by atoms with Crippen LogP contribution in [0.25, 0.3) is 0 Å². The summed E-state index contributed by atoms with van der Waals surface area (Å²) in [6, 6.07) is -0.0763. The van der Waals surface area contributed by atoms with Crippen LogP contribution in [-0.4, -0.2) is 44.4 Å². The maximum absolute atomic E-state index is 5.77. The second kappa shape index (κ2) is 5.44. The van der Waals surface area contributed by atoms with E-state index < -0.39 is 0 Å². The van der Waals surface area contributed by atoms with Crippen molar-refractivity contribution in [3.63, 3.8) is 0 Å². The van der Waals surface area contributed by atoms with Crippen molar-refractivity contribution in [2.24, 2.45) is 0 Å². The van der Waals surface area contributed by atoms with Crippen LogP contribution in [0.2, 0.25) is 0 Å². The highest BCUT2D eigenvalue weighted by Crippen LogP contribution is 2.39. The van der Waals surface area contributed by atoms with E-state index in [0.29, 0.717) is 36.7 Å². The monoisotopic (exact) mass is 305 g/mol. The fourth-order valence-corrected chi connectivity index (χ4v) is 2.88. The molecule has 2 aromatic heterocycles. The number of morpholine rings is 1. The summed E-state index contributed by atoms with van der Waals surface area (Å²) in [6.45, 7) is 5.83. The van der Waals surface area contributed by atoms with Crippen LogP contribution in [0.4, 0.5) is 0 Å². The Morgan fingerprint density at radius 1 is 1.18 bits per heavy atom. The summed E-state index contributed by atoms with van der Waals surface area (Å²) < 4.78 is 16.3. The first-order chi connectivity index (χ1) is 10.7. The van der Waals surface area contributed by atoms with Gasteiger partial charge in [0.2, 0.25) is 11.8 Å². The molecule has 1 aliphatic heterocycles. The van der Waals surface area contributed by atoms with Crippen LogP contribution in [-0.2, 0) is 11.3 Å². The molecule has 0 unspecified atom stereocenters. The molecular weight excluding hydrogens is 286 g/mol. The van der Waals surface area contributed by atoms with Gasteiger partial charge >= 0.3 is 0 Å². The first-order valence-electron chi connectivity index (χ1n) is 7.69. The third kappa shape index (κ3) is 2.64. The molecule has 0 N–H and O–H groups in total. The van der Waals surface area contributed by atoms with Crippen molar-refractivity contribution in [3.8, 4) is 0 Å². The molecule has 0 radical (unpaired) electrons. The van der Waals surface area contributed by atoms with E-state index in [1.54, 1.807) is 6.92 Å². The summed E-state index contributed by atoms with van der Waals surface area (Å²) in [4.78, 5) is 11.1. The Bertz CT molecular complexity index is 650. The fraction of sp³-hybridized carbons (Fsp3) is 0.714. The third-order valence-electron chi connectivity index (χ3n) is 4.16. The van der Waals surface area contributed by atoms with Gasteiger partial charge in [0.05, 0.1) is 19.3 Å². The fourth-order valence-electron chi connectivity index (χ4n) is 2.88. The van der Waals surface area contributed by atoms with E-state index in [0.717, 1.165) is 25.2 Å². The average molecular weight is 305 g/mol. The molecule has 1 saturated carbocycles. The van der Waals surface area contributed by atoms with E-state index in [1.165, 1.54) is 0 Å². The molecule has 2 aliphatic rings. The van der Waals surface area contributed by atoms with Gasteiger partial charge in [-0.3, -0.25) is 4.90 Å². The Morgan fingerprint density at radius 3 is 2.77 bits per heavy atom. The zero-order chi connectivity index (χ0) is 15.1. The molecule has 22 heavy (non-hydrogen) atoms. The predicted octanol–water partition coefficient (Wildman–Crippen LogP) is 1.60. The Balaban J connectivity index is 1.56. The van der Waals surface area contributed by atoms with Gasteiger partial charge in [0.25, 0.3) is 0 Å². The summed E-state index contributed by atoms with van der Waals surface area (Å²) in [5, 5.41) is 8.09. The van der Waals surface area contributed by atoms with Gasteiger partial charge in [0.15, 0.2) is 11.6 Å². The molecule has 118 valence electrons. The normalized spacial score (nSPS) is 26.5. The number of nitrogens with zero attached hydrogens (tertiary/aromatic N) is 5. The lowest BCUT2D eigenvalue weighted by molar-refractivity contribution is -0.0772. The van der Waals surface area contributed by atoms with Crippen molar-refractivity contribution in [1.29, 1.82) is 0 Å². The molecule has 1 saturated heterocycles. The molecule has 0 bridgehead atoms. The minimum atomic E-state index is -0.0763. The quantitative estimate of drug-likeness (QED) is 0.841.